The third kappa shape index (κ3) is 5.35. The number of carbonyl (C=O) groups is 2. The molecule has 154 valence electrons. The highest BCUT2D eigenvalue weighted by Gasteiger charge is 2.19. The summed E-state index contributed by atoms with van der Waals surface area (Å²) in [5, 5.41) is 14.7. The third-order valence-electron chi connectivity index (χ3n) is 4.65. The molecule has 0 bridgehead atoms. The minimum atomic E-state index is -0.513. The summed E-state index contributed by atoms with van der Waals surface area (Å²) in [4.78, 5) is 27.3. The number of anilines is 3. The second kappa shape index (κ2) is 9.56. The molecule has 0 spiro atoms. The molecule has 0 atom stereocenters. The Morgan fingerprint density at radius 3 is 2.17 bits per heavy atom. The molecule has 0 radical (unpaired) electrons. The van der Waals surface area contributed by atoms with Gasteiger partial charge in [0.25, 0.3) is 5.91 Å². The van der Waals surface area contributed by atoms with Gasteiger partial charge in [-0.15, -0.1) is 0 Å². The number of hydrogen-bond donors (Lipinski definition) is 2. The SMILES string of the molecule is CC(=O)Nc1ccc(NC(=O)/C(C#N)=C\N2CCN(c3ccccc3F)CC2)cc1. The number of halogens is 1. The number of piperazine rings is 1. The van der Waals surface area contributed by atoms with E-state index in [1.807, 2.05) is 15.9 Å². The van der Waals surface area contributed by atoms with Crippen molar-refractivity contribution in [3.05, 3.63) is 66.1 Å². The van der Waals surface area contributed by atoms with E-state index in [-0.39, 0.29) is 17.3 Å². The van der Waals surface area contributed by atoms with Crippen LogP contribution in [0.5, 0.6) is 0 Å². The van der Waals surface area contributed by atoms with Crippen molar-refractivity contribution in [3.63, 3.8) is 0 Å². The van der Waals surface area contributed by atoms with Gasteiger partial charge in [-0.2, -0.15) is 5.26 Å². The number of amides is 2. The Morgan fingerprint density at radius 1 is 1.00 bits per heavy atom. The summed E-state index contributed by atoms with van der Waals surface area (Å²) in [6, 6.07) is 15.2. The standard InChI is InChI=1S/C22H22FN5O2/c1-16(29)25-18-6-8-19(9-7-18)26-22(30)17(14-24)15-27-10-12-28(13-11-27)21-5-3-2-4-20(21)23/h2-9,15H,10-13H2,1H3,(H,25,29)(H,26,30)/b17-15-. The van der Waals surface area contributed by atoms with E-state index in [0.717, 1.165) is 0 Å². The molecule has 2 amide bonds. The van der Waals surface area contributed by atoms with E-state index in [2.05, 4.69) is 10.6 Å². The van der Waals surface area contributed by atoms with Gasteiger partial charge >= 0.3 is 0 Å². The zero-order chi connectivity index (χ0) is 21.5. The molecular formula is C22H22FN5O2. The second-order valence-corrected chi connectivity index (χ2v) is 6.84. The van der Waals surface area contributed by atoms with Crippen LogP contribution >= 0.6 is 0 Å². The number of hydrogen-bond acceptors (Lipinski definition) is 5. The van der Waals surface area contributed by atoms with Crippen LogP contribution < -0.4 is 15.5 Å². The average molecular weight is 407 g/mol. The van der Waals surface area contributed by atoms with Crippen LogP contribution in [0.4, 0.5) is 21.5 Å². The zero-order valence-corrected chi connectivity index (χ0v) is 16.6. The predicted molar refractivity (Wildman–Crippen MR) is 113 cm³/mol. The van der Waals surface area contributed by atoms with Gasteiger partial charge in [-0.25, -0.2) is 4.39 Å². The summed E-state index contributed by atoms with van der Waals surface area (Å²) < 4.78 is 14.0. The molecule has 0 aliphatic carbocycles. The van der Waals surface area contributed by atoms with E-state index in [4.69, 9.17) is 0 Å². The van der Waals surface area contributed by atoms with Crippen molar-refractivity contribution in [1.82, 2.24) is 4.90 Å². The van der Waals surface area contributed by atoms with E-state index in [0.29, 0.717) is 43.2 Å². The highest BCUT2D eigenvalue weighted by atomic mass is 19.1. The Kier molecular flexibility index (Phi) is 6.65. The van der Waals surface area contributed by atoms with Gasteiger partial charge in [0.1, 0.15) is 17.5 Å². The number of nitriles is 1. The lowest BCUT2D eigenvalue weighted by molar-refractivity contribution is -0.114. The largest absolute Gasteiger partial charge is 0.373 e. The average Bonchev–Trinajstić information content (AvgIpc) is 2.74. The molecule has 0 aromatic heterocycles. The van der Waals surface area contributed by atoms with Crippen LogP contribution in [-0.4, -0.2) is 42.9 Å². The molecule has 3 rings (SSSR count). The molecule has 2 N–H and O–H groups in total. The Bertz CT molecular complexity index is 989. The van der Waals surface area contributed by atoms with Crippen molar-refractivity contribution in [3.8, 4) is 6.07 Å². The first-order chi connectivity index (χ1) is 14.5. The van der Waals surface area contributed by atoms with Gasteiger partial charge in [-0.05, 0) is 36.4 Å². The predicted octanol–water partition coefficient (Wildman–Crippen LogP) is 2.95. The summed E-state index contributed by atoms with van der Waals surface area (Å²) in [7, 11) is 0. The molecule has 8 heteroatoms. The second-order valence-electron chi connectivity index (χ2n) is 6.84. The number of nitrogens with one attached hydrogen (secondary N) is 2. The molecule has 2 aromatic carbocycles. The molecule has 2 aromatic rings. The molecule has 1 heterocycles. The van der Waals surface area contributed by atoms with Gasteiger partial charge in [0.15, 0.2) is 0 Å². The van der Waals surface area contributed by atoms with Crippen LogP contribution in [0, 0.1) is 17.1 Å². The van der Waals surface area contributed by atoms with Crippen molar-refractivity contribution in [2.24, 2.45) is 0 Å². The Morgan fingerprint density at radius 2 is 1.60 bits per heavy atom. The molecule has 1 saturated heterocycles. The third-order valence-corrected chi connectivity index (χ3v) is 4.65. The monoisotopic (exact) mass is 407 g/mol. The summed E-state index contributed by atoms with van der Waals surface area (Å²) in [6.45, 7) is 3.72. The molecular weight excluding hydrogens is 385 g/mol. The van der Waals surface area contributed by atoms with Gasteiger partial charge in [0, 0.05) is 50.7 Å². The Hall–Kier alpha value is -3.86. The minimum Gasteiger partial charge on any atom is -0.373 e. The normalized spacial score (nSPS) is 14.1. The highest BCUT2D eigenvalue weighted by molar-refractivity contribution is 6.06. The van der Waals surface area contributed by atoms with Crippen LogP contribution in [0.3, 0.4) is 0 Å². The number of rotatable bonds is 5. The highest BCUT2D eigenvalue weighted by Crippen LogP contribution is 2.20. The van der Waals surface area contributed by atoms with Crippen molar-refractivity contribution in [2.75, 3.05) is 41.7 Å². The lowest BCUT2D eigenvalue weighted by Gasteiger charge is -2.35. The van der Waals surface area contributed by atoms with Gasteiger partial charge in [0.05, 0.1) is 5.69 Å². The van der Waals surface area contributed by atoms with Crippen molar-refractivity contribution in [2.45, 2.75) is 6.92 Å². The summed E-state index contributed by atoms with van der Waals surface area (Å²) >= 11 is 0. The fraction of sp³-hybridized carbons (Fsp3) is 0.227. The smallest absolute Gasteiger partial charge is 0.267 e. The molecule has 1 aliphatic heterocycles. The maximum absolute atomic E-state index is 14.0. The maximum atomic E-state index is 14.0. The Balaban J connectivity index is 1.59. The summed E-state index contributed by atoms with van der Waals surface area (Å²) in [5.41, 5.74) is 1.67. The fourth-order valence-corrected chi connectivity index (χ4v) is 3.16. The lowest BCUT2D eigenvalue weighted by atomic mass is 10.2. The quantitative estimate of drug-likeness (QED) is 0.588. The van der Waals surface area contributed by atoms with Crippen molar-refractivity contribution in [1.29, 1.82) is 5.26 Å². The van der Waals surface area contributed by atoms with Crippen LogP contribution in [0.15, 0.2) is 60.3 Å². The first-order valence-corrected chi connectivity index (χ1v) is 9.50. The van der Waals surface area contributed by atoms with Crippen LogP contribution in [0.2, 0.25) is 0 Å². The van der Waals surface area contributed by atoms with Crippen LogP contribution in [0.1, 0.15) is 6.92 Å². The van der Waals surface area contributed by atoms with E-state index in [1.54, 1.807) is 48.7 Å². The number of para-hydroxylation sites is 1. The topological polar surface area (TPSA) is 88.5 Å². The Labute approximate surface area is 174 Å². The fourth-order valence-electron chi connectivity index (χ4n) is 3.16. The molecule has 0 unspecified atom stereocenters. The molecule has 1 aliphatic rings. The molecule has 7 nitrogen and oxygen atoms in total. The van der Waals surface area contributed by atoms with E-state index in [9.17, 15) is 19.2 Å². The van der Waals surface area contributed by atoms with E-state index < -0.39 is 5.91 Å². The van der Waals surface area contributed by atoms with Crippen molar-refractivity contribution >= 4 is 28.9 Å². The van der Waals surface area contributed by atoms with Crippen molar-refractivity contribution < 1.29 is 14.0 Å². The zero-order valence-electron chi connectivity index (χ0n) is 16.6. The maximum Gasteiger partial charge on any atom is 0.267 e. The van der Waals surface area contributed by atoms with E-state index >= 15 is 0 Å². The number of carbonyl (C=O) groups excluding carboxylic acids is 2. The van der Waals surface area contributed by atoms with Crippen LogP contribution in [0.25, 0.3) is 0 Å². The molecule has 1 fully saturated rings. The molecule has 30 heavy (non-hydrogen) atoms. The molecule has 0 saturated carbocycles. The van der Waals surface area contributed by atoms with Gasteiger partial charge in [0.2, 0.25) is 5.91 Å². The van der Waals surface area contributed by atoms with Gasteiger partial charge in [-0.1, -0.05) is 12.1 Å². The van der Waals surface area contributed by atoms with Gasteiger partial charge < -0.3 is 20.4 Å². The first-order valence-electron chi connectivity index (χ1n) is 9.50. The summed E-state index contributed by atoms with van der Waals surface area (Å²) in [6.07, 6.45) is 1.54. The minimum absolute atomic E-state index is 0.0136. The number of nitrogens with zero attached hydrogens (tertiary/aromatic N) is 3. The van der Waals surface area contributed by atoms with E-state index in [1.165, 1.54) is 13.0 Å². The van der Waals surface area contributed by atoms with Crippen LogP contribution in [-0.2, 0) is 9.59 Å². The lowest BCUT2D eigenvalue weighted by Crippen LogP contribution is -2.44. The van der Waals surface area contributed by atoms with Gasteiger partial charge in [-0.3, -0.25) is 9.59 Å². The first kappa shape index (κ1) is 20.9. The number of benzene rings is 2. The summed E-state index contributed by atoms with van der Waals surface area (Å²) in [5.74, 6) is -0.957.